The first kappa shape index (κ1) is 17.1. The second-order valence-electron chi connectivity index (χ2n) is 6.28. The van der Waals surface area contributed by atoms with Gasteiger partial charge in [-0.3, -0.25) is 0 Å². The molecule has 0 amide bonds. The van der Waals surface area contributed by atoms with Crippen LogP contribution in [0, 0.1) is 0 Å². The number of rotatable bonds is 8. The summed E-state index contributed by atoms with van der Waals surface area (Å²) in [6.45, 7) is 8.73. The van der Waals surface area contributed by atoms with Gasteiger partial charge in [-0.1, -0.05) is 13.3 Å². The minimum atomic E-state index is 0.743. The van der Waals surface area contributed by atoms with Crippen LogP contribution < -0.4 is 9.47 Å². The lowest BCUT2D eigenvalue weighted by atomic mass is 10.3. The lowest BCUT2D eigenvalue weighted by Gasteiger charge is -2.32. The smallest absolute Gasteiger partial charge is 0.137 e. The standard InChI is InChI=1S/C18H30NO3/c1-3-4-14-21-17-6-8-18(9-7-17)22-16-12-19(2)10-5-13-20-15-11-19/h6-9H,3-5,10-16H2,1-2H3/q+1. The van der Waals surface area contributed by atoms with Gasteiger partial charge in [0.1, 0.15) is 31.2 Å². The van der Waals surface area contributed by atoms with Crippen LogP contribution >= 0.6 is 0 Å². The number of benzene rings is 1. The summed E-state index contributed by atoms with van der Waals surface area (Å²) < 4.78 is 18.1. The highest BCUT2D eigenvalue weighted by Crippen LogP contribution is 2.18. The van der Waals surface area contributed by atoms with Gasteiger partial charge in [-0.05, 0) is 30.7 Å². The Labute approximate surface area is 134 Å². The Morgan fingerprint density at radius 1 is 1.00 bits per heavy atom. The molecule has 0 aliphatic carbocycles. The Hall–Kier alpha value is -1.26. The first-order chi connectivity index (χ1) is 10.7. The molecule has 0 aromatic heterocycles. The molecule has 1 heterocycles. The van der Waals surface area contributed by atoms with E-state index in [1.54, 1.807) is 0 Å². The fourth-order valence-electron chi connectivity index (χ4n) is 2.62. The molecule has 0 saturated carbocycles. The Balaban J connectivity index is 1.72. The molecule has 22 heavy (non-hydrogen) atoms. The molecular formula is C18H30NO3+. The minimum absolute atomic E-state index is 0.743. The van der Waals surface area contributed by atoms with Crippen molar-refractivity contribution in [2.45, 2.75) is 26.2 Å². The minimum Gasteiger partial charge on any atom is -0.494 e. The van der Waals surface area contributed by atoms with Crippen molar-refractivity contribution in [3.05, 3.63) is 24.3 Å². The van der Waals surface area contributed by atoms with Gasteiger partial charge >= 0.3 is 0 Å². The number of hydrogen-bond donors (Lipinski definition) is 0. The molecule has 124 valence electrons. The fourth-order valence-corrected chi connectivity index (χ4v) is 2.62. The molecule has 0 N–H and O–H groups in total. The Morgan fingerprint density at radius 2 is 1.68 bits per heavy atom. The summed E-state index contributed by atoms with van der Waals surface area (Å²) in [6, 6.07) is 7.96. The van der Waals surface area contributed by atoms with Crippen molar-refractivity contribution < 1.29 is 18.7 Å². The Morgan fingerprint density at radius 3 is 2.36 bits per heavy atom. The average Bonchev–Trinajstić information content (AvgIpc) is 2.74. The van der Waals surface area contributed by atoms with E-state index < -0.39 is 0 Å². The van der Waals surface area contributed by atoms with E-state index in [1.165, 1.54) is 6.54 Å². The van der Waals surface area contributed by atoms with Gasteiger partial charge in [-0.15, -0.1) is 0 Å². The Bertz CT molecular complexity index is 411. The van der Waals surface area contributed by atoms with Gasteiger partial charge in [0, 0.05) is 6.42 Å². The number of likely N-dealkylation sites (N-methyl/N-ethyl adjacent to an activating group) is 1. The molecule has 1 aromatic rings. The molecule has 1 saturated heterocycles. The number of nitrogens with zero attached hydrogens (tertiary/aromatic N) is 1. The topological polar surface area (TPSA) is 27.7 Å². The van der Waals surface area contributed by atoms with Crippen molar-refractivity contribution in [1.82, 2.24) is 0 Å². The van der Waals surface area contributed by atoms with E-state index >= 15 is 0 Å². The van der Waals surface area contributed by atoms with E-state index in [2.05, 4.69) is 14.0 Å². The Kier molecular flexibility index (Phi) is 7.00. The zero-order chi connectivity index (χ0) is 15.7. The first-order valence-corrected chi connectivity index (χ1v) is 8.49. The summed E-state index contributed by atoms with van der Waals surface area (Å²) in [4.78, 5) is 0. The first-order valence-electron chi connectivity index (χ1n) is 8.49. The van der Waals surface area contributed by atoms with Gasteiger partial charge in [0.25, 0.3) is 0 Å². The van der Waals surface area contributed by atoms with Crippen molar-refractivity contribution in [2.24, 2.45) is 0 Å². The van der Waals surface area contributed by atoms with Crippen LogP contribution in [0.3, 0.4) is 0 Å². The molecule has 0 radical (unpaired) electrons. The summed E-state index contributed by atoms with van der Waals surface area (Å²) in [5, 5.41) is 0. The maximum atomic E-state index is 5.88. The lowest BCUT2D eigenvalue weighted by Crippen LogP contribution is -2.48. The van der Waals surface area contributed by atoms with Gasteiger partial charge in [0.15, 0.2) is 0 Å². The molecule has 1 aliphatic heterocycles. The zero-order valence-electron chi connectivity index (χ0n) is 14.1. The molecule has 4 nitrogen and oxygen atoms in total. The molecule has 1 unspecified atom stereocenters. The molecule has 0 spiro atoms. The van der Waals surface area contributed by atoms with Gasteiger partial charge in [-0.2, -0.15) is 0 Å². The van der Waals surface area contributed by atoms with Crippen LogP contribution in [0.5, 0.6) is 11.5 Å². The highest BCUT2D eigenvalue weighted by molar-refractivity contribution is 5.31. The summed E-state index contributed by atoms with van der Waals surface area (Å²) in [7, 11) is 2.29. The second kappa shape index (κ2) is 9.01. The third-order valence-corrected chi connectivity index (χ3v) is 4.25. The molecule has 1 aromatic carbocycles. The van der Waals surface area contributed by atoms with Crippen LogP contribution in [0.4, 0.5) is 0 Å². The van der Waals surface area contributed by atoms with E-state index in [0.29, 0.717) is 0 Å². The molecule has 1 aliphatic rings. The van der Waals surface area contributed by atoms with Crippen LogP contribution in [0.25, 0.3) is 0 Å². The highest BCUT2D eigenvalue weighted by atomic mass is 16.5. The van der Waals surface area contributed by atoms with E-state index in [9.17, 15) is 0 Å². The average molecular weight is 308 g/mol. The number of quaternary nitrogens is 1. The number of hydrogen-bond acceptors (Lipinski definition) is 3. The molecule has 2 rings (SSSR count). The molecule has 0 bridgehead atoms. The van der Waals surface area contributed by atoms with Crippen LogP contribution in [-0.2, 0) is 4.74 Å². The zero-order valence-corrected chi connectivity index (χ0v) is 14.1. The van der Waals surface area contributed by atoms with Crippen molar-refractivity contribution >= 4 is 0 Å². The van der Waals surface area contributed by atoms with E-state index in [1.807, 2.05) is 24.3 Å². The molecule has 1 atom stereocenters. The van der Waals surface area contributed by atoms with Crippen LogP contribution in [0.1, 0.15) is 26.2 Å². The third-order valence-electron chi connectivity index (χ3n) is 4.25. The van der Waals surface area contributed by atoms with Crippen molar-refractivity contribution in [2.75, 3.05) is 53.1 Å². The molecule has 4 heteroatoms. The van der Waals surface area contributed by atoms with Crippen molar-refractivity contribution in [3.8, 4) is 11.5 Å². The SMILES string of the molecule is CCCCOc1ccc(OCC[N+]2(C)CCCOCC2)cc1. The van der Waals surface area contributed by atoms with Crippen molar-refractivity contribution in [3.63, 3.8) is 0 Å². The van der Waals surface area contributed by atoms with E-state index in [4.69, 9.17) is 14.2 Å². The monoisotopic (exact) mass is 308 g/mol. The van der Waals surface area contributed by atoms with E-state index in [-0.39, 0.29) is 0 Å². The molecular weight excluding hydrogens is 278 g/mol. The normalized spacial score (nSPS) is 22.1. The predicted molar refractivity (Wildman–Crippen MR) is 88.6 cm³/mol. The van der Waals surface area contributed by atoms with Crippen LogP contribution in [0.15, 0.2) is 24.3 Å². The van der Waals surface area contributed by atoms with Gasteiger partial charge in [0.2, 0.25) is 0 Å². The maximum absolute atomic E-state index is 5.88. The number of ether oxygens (including phenoxy) is 3. The van der Waals surface area contributed by atoms with Crippen LogP contribution in [0.2, 0.25) is 0 Å². The second-order valence-corrected chi connectivity index (χ2v) is 6.28. The van der Waals surface area contributed by atoms with Gasteiger partial charge in [-0.25, -0.2) is 0 Å². The lowest BCUT2D eigenvalue weighted by molar-refractivity contribution is -0.908. The largest absolute Gasteiger partial charge is 0.494 e. The predicted octanol–water partition coefficient (Wildman–Crippen LogP) is 3.11. The third kappa shape index (κ3) is 5.85. The summed E-state index contributed by atoms with van der Waals surface area (Å²) in [5.74, 6) is 1.84. The van der Waals surface area contributed by atoms with Gasteiger partial charge in [0.05, 0.1) is 33.4 Å². The van der Waals surface area contributed by atoms with Crippen LogP contribution in [-0.4, -0.2) is 57.6 Å². The number of unbranched alkanes of at least 4 members (excludes halogenated alkanes) is 1. The fraction of sp³-hybridized carbons (Fsp3) is 0.667. The summed E-state index contributed by atoms with van der Waals surface area (Å²) >= 11 is 0. The highest BCUT2D eigenvalue weighted by Gasteiger charge is 2.23. The van der Waals surface area contributed by atoms with Gasteiger partial charge < -0.3 is 18.7 Å². The quantitative estimate of drug-likeness (QED) is 0.545. The molecule has 1 fully saturated rings. The maximum Gasteiger partial charge on any atom is 0.137 e. The van der Waals surface area contributed by atoms with E-state index in [0.717, 1.165) is 74.8 Å². The summed E-state index contributed by atoms with van der Waals surface area (Å²) in [5.41, 5.74) is 0. The summed E-state index contributed by atoms with van der Waals surface area (Å²) in [6.07, 6.45) is 3.39. The van der Waals surface area contributed by atoms with Crippen molar-refractivity contribution in [1.29, 1.82) is 0 Å².